The molecule has 36 heavy (non-hydrogen) atoms. The Morgan fingerprint density at radius 3 is 2.14 bits per heavy atom. The van der Waals surface area contributed by atoms with Crippen molar-refractivity contribution in [2.24, 2.45) is 0 Å². The van der Waals surface area contributed by atoms with Crippen molar-refractivity contribution in [3.05, 3.63) is 114 Å². The average molecular weight is 484 g/mol. The lowest BCUT2D eigenvalue weighted by atomic mass is 10.0. The Balaban J connectivity index is 1.50. The zero-order valence-corrected chi connectivity index (χ0v) is 19.8. The summed E-state index contributed by atoms with van der Waals surface area (Å²) in [6.07, 6.45) is 0. The number of hydrogen-bond donors (Lipinski definition) is 0. The summed E-state index contributed by atoms with van der Waals surface area (Å²) < 4.78 is 6.12. The fraction of sp³-hybridized carbons (Fsp3) is 0. The van der Waals surface area contributed by atoms with E-state index in [-0.39, 0.29) is 0 Å². The van der Waals surface area contributed by atoms with Crippen molar-refractivity contribution in [3.8, 4) is 34.2 Å². The molecule has 0 spiro atoms. The van der Waals surface area contributed by atoms with Crippen LogP contribution in [0.2, 0.25) is 5.02 Å². The zero-order valence-electron chi connectivity index (χ0n) is 19.0. The molecule has 5 aromatic carbocycles. The van der Waals surface area contributed by atoms with Crippen LogP contribution in [0.4, 0.5) is 0 Å². The first kappa shape index (κ1) is 20.8. The predicted octanol–water partition coefficient (Wildman–Crippen LogP) is 8.58. The normalized spacial score (nSPS) is 11.5. The molecule has 0 aliphatic heterocycles. The van der Waals surface area contributed by atoms with E-state index in [1.807, 2.05) is 78.9 Å². The van der Waals surface area contributed by atoms with Crippen LogP contribution in [0.1, 0.15) is 0 Å². The molecule has 7 rings (SSSR count). The molecule has 0 atom stereocenters. The van der Waals surface area contributed by atoms with E-state index in [4.69, 9.17) is 31.0 Å². The SMILES string of the molecule is Clc1ccc2c(c1)oc1cccc(-c3nc(-c4ccccc4)nc(-c4ccc5ccccc5c4)n3)c12. The summed E-state index contributed by atoms with van der Waals surface area (Å²) in [5, 5.41) is 4.87. The fourth-order valence-electron chi connectivity index (χ4n) is 4.66. The van der Waals surface area contributed by atoms with Crippen LogP contribution < -0.4 is 0 Å². The van der Waals surface area contributed by atoms with E-state index in [0.717, 1.165) is 44.0 Å². The summed E-state index contributed by atoms with van der Waals surface area (Å²) in [7, 11) is 0. The van der Waals surface area contributed by atoms with Gasteiger partial charge in [0.25, 0.3) is 0 Å². The molecule has 5 heteroatoms. The standard InChI is InChI=1S/C31H18ClN3O/c32-23-15-16-24-27(18-23)36-26-12-6-11-25(28(24)26)31-34-29(20-8-2-1-3-9-20)33-30(35-31)22-14-13-19-7-4-5-10-21(19)17-22/h1-18H. The first-order valence-electron chi connectivity index (χ1n) is 11.6. The fourth-order valence-corrected chi connectivity index (χ4v) is 4.82. The van der Waals surface area contributed by atoms with Gasteiger partial charge in [-0.2, -0.15) is 0 Å². The van der Waals surface area contributed by atoms with Gasteiger partial charge in [0.15, 0.2) is 17.5 Å². The van der Waals surface area contributed by atoms with Crippen LogP contribution >= 0.6 is 11.6 Å². The van der Waals surface area contributed by atoms with Gasteiger partial charge in [-0.05, 0) is 35.0 Å². The van der Waals surface area contributed by atoms with E-state index in [1.165, 1.54) is 5.39 Å². The highest BCUT2D eigenvalue weighted by Crippen LogP contribution is 2.37. The minimum absolute atomic E-state index is 0.593. The van der Waals surface area contributed by atoms with Gasteiger partial charge < -0.3 is 4.42 Å². The van der Waals surface area contributed by atoms with Crippen LogP contribution in [0.5, 0.6) is 0 Å². The highest BCUT2D eigenvalue weighted by molar-refractivity contribution is 6.31. The summed E-state index contributed by atoms with van der Waals surface area (Å²) in [6, 6.07) is 36.2. The van der Waals surface area contributed by atoms with E-state index in [2.05, 4.69) is 30.3 Å². The Kier molecular flexibility index (Phi) is 4.79. The number of rotatable bonds is 3. The van der Waals surface area contributed by atoms with Gasteiger partial charge in [0.05, 0.1) is 0 Å². The van der Waals surface area contributed by atoms with Crippen molar-refractivity contribution in [3.63, 3.8) is 0 Å². The molecule has 0 N–H and O–H groups in total. The van der Waals surface area contributed by atoms with Crippen molar-refractivity contribution >= 4 is 44.3 Å². The van der Waals surface area contributed by atoms with E-state index in [0.29, 0.717) is 22.5 Å². The molecule has 2 heterocycles. The maximum absolute atomic E-state index is 6.23. The third-order valence-electron chi connectivity index (χ3n) is 6.38. The van der Waals surface area contributed by atoms with Crippen LogP contribution in [-0.2, 0) is 0 Å². The van der Waals surface area contributed by atoms with Gasteiger partial charge in [0.1, 0.15) is 11.2 Å². The Bertz CT molecular complexity index is 1910. The van der Waals surface area contributed by atoms with Crippen LogP contribution in [-0.4, -0.2) is 15.0 Å². The monoisotopic (exact) mass is 483 g/mol. The second-order valence-electron chi connectivity index (χ2n) is 8.66. The molecule has 7 aromatic rings. The first-order chi connectivity index (χ1) is 17.7. The number of halogens is 1. The van der Waals surface area contributed by atoms with Crippen LogP contribution in [0.25, 0.3) is 66.9 Å². The van der Waals surface area contributed by atoms with Gasteiger partial charge in [0.2, 0.25) is 0 Å². The quantitative estimate of drug-likeness (QED) is 0.252. The number of fused-ring (bicyclic) bond motifs is 4. The summed E-state index contributed by atoms with van der Waals surface area (Å²) >= 11 is 6.23. The van der Waals surface area contributed by atoms with Crippen LogP contribution in [0.3, 0.4) is 0 Å². The smallest absolute Gasteiger partial charge is 0.164 e. The molecule has 0 bridgehead atoms. The van der Waals surface area contributed by atoms with E-state index in [9.17, 15) is 0 Å². The number of aromatic nitrogens is 3. The number of nitrogens with zero attached hydrogens (tertiary/aromatic N) is 3. The van der Waals surface area contributed by atoms with Gasteiger partial charge in [-0.25, -0.2) is 15.0 Å². The van der Waals surface area contributed by atoms with E-state index in [1.54, 1.807) is 0 Å². The molecule has 4 nitrogen and oxygen atoms in total. The molecule has 0 unspecified atom stereocenters. The second kappa shape index (κ2) is 8.29. The Morgan fingerprint density at radius 1 is 0.528 bits per heavy atom. The Morgan fingerprint density at radius 2 is 1.28 bits per heavy atom. The summed E-state index contributed by atoms with van der Waals surface area (Å²) in [4.78, 5) is 14.8. The zero-order chi connectivity index (χ0) is 24.1. The molecular weight excluding hydrogens is 466 g/mol. The first-order valence-corrected chi connectivity index (χ1v) is 12.0. The molecule has 0 fully saturated rings. The summed E-state index contributed by atoms with van der Waals surface area (Å²) in [5.74, 6) is 1.84. The maximum atomic E-state index is 6.23. The largest absolute Gasteiger partial charge is 0.456 e. The van der Waals surface area contributed by atoms with E-state index < -0.39 is 0 Å². The van der Waals surface area contributed by atoms with Gasteiger partial charge >= 0.3 is 0 Å². The van der Waals surface area contributed by atoms with Crippen molar-refractivity contribution in [1.82, 2.24) is 15.0 Å². The summed E-state index contributed by atoms with van der Waals surface area (Å²) in [6.45, 7) is 0. The van der Waals surface area contributed by atoms with Crippen LogP contribution in [0, 0.1) is 0 Å². The van der Waals surface area contributed by atoms with Crippen molar-refractivity contribution in [2.45, 2.75) is 0 Å². The Hall–Kier alpha value is -4.54. The highest BCUT2D eigenvalue weighted by atomic mass is 35.5. The third-order valence-corrected chi connectivity index (χ3v) is 6.61. The lowest BCUT2D eigenvalue weighted by Crippen LogP contribution is -2.00. The lowest BCUT2D eigenvalue weighted by Gasteiger charge is -2.10. The van der Waals surface area contributed by atoms with Crippen molar-refractivity contribution in [1.29, 1.82) is 0 Å². The average Bonchev–Trinajstić information content (AvgIpc) is 3.30. The molecule has 2 aromatic heterocycles. The second-order valence-corrected chi connectivity index (χ2v) is 9.09. The van der Waals surface area contributed by atoms with Gasteiger partial charge in [-0.3, -0.25) is 0 Å². The van der Waals surface area contributed by atoms with Crippen molar-refractivity contribution in [2.75, 3.05) is 0 Å². The minimum Gasteiger partial charge on any atom is -0.456 e. The van der Waals surface area contributed by atoms with Crippen LogP contribution in [0.15, 0.2) is 114 Å². The number of furan rings is 1. The molecule has 0 aliphatic carbocycles. The molecular formula is C31H18ClN3O. The van der Waals surface area contributed by atoms with E-state index >= 15 is 0 Å². The third kappa shape index (κ3) is 3.51. The maximum Gasteiger partial charge on any atom is 0.164 e. The molecule has 0 aliphatic rings. The van der Waals surface area contributed by atoms with Gasteiger partial charge in [0, 0.05) is 38.6 Å². The Labute approximate surface area is 211 Å². The molecule has 170 valence electrons. The van der Waals surface area contributed by atoms with Crippen molar-refractivity contribution < 1.29 is 4.42 Å². The van der Waals surface area contributed by atoms with Gasteiger partial charge in [-0.1, -0.05) is 90.5 Å². The van der Waals surface area contributed by atoms with Gasteiger partial charge in [-0.15, -0.1) is 0 Å². The number of hydrogen-bond acceptors (Lipinski definition) is 4. The number of benzene rings is 5. The highest BCUT2D eigenvalue weighted by Gasteiger charge is 2.18. The molecule has 0 saturated heterocycles. The topological polar surface area (TPSA) is 51.8 Å². The lowest BCUT2D eigenvalue weighted by molar-refractivity contribution is 0.669. The molecule has 0 radical (unpaired) electrons. The predicted molar refractivity (Wildman–Crippen MR) is 146 cm³/mol. The summed E-state index contributed by atoms with van der Waals surface area (Å²) in [5.41, 5.74) is 4.25. The molecule has 0 amide bonds. The molecule has 0 saturated carbocycles. The minimum atomic E-state index is 0.593.